The first-order valence-corrected chi connectivity index (χ1v) is 4.77. The minimum absolute atomic E-state index is 0.309. The van der Waals surface area contributed by atoms with Gasteiger partial charge in [-0.2, -0.15) is 0 Å². The van der Waals surface area contributed by atoms with Gasteiger partial charge >= 0.3 is 6.09 Å². The molecule has 1 aromatic carbocycles. The molecule has 0 aromatic heterocycles. The van der Waals surface area contributed by atoms with E-state index in [2.05, 4.69) is 10.1 Å². The van der Waals surface area contributed by atoms with Gasteiger partial charge in [0.2, 0.25) is 0 Å². The summed E-state index contributed by atoms with van der Waals surface area (Å²) in [5.74, 6) is -0.328. The van der Waals surface area contributed by atoms with Gasteiger partial charge in [-0.15, -0.1) is 0 Å². The third kappa shape index (κ3) is 3.75. The zero-order valence-electron chi connectivity index (χ0n) is 8.22. The summed E-state index contributed by atoms with van der Waals surface area (Å²) >= 11 is 5.71. The molecular weight excluding hydrogens is 221 g/mol. The van der Waals surface area contributed by atoms with Crippen molar-refractivity contribution in [3.05, 3.63) is 34.6 Å². The van der Waals surface area contributed by atoms with Crippen molar-refractivity contribution < 1.29 is 13.9 Å². The Labute approximate surface area is 92.2 Å². The fourth-order valence-corrected chi connectivity index (χ4v) is 1.30. The summed E-state index contributed by atoms with van der Waals surface area (Å²) in [6.07, 6.45) is -0.154. The Balaban J connectivity index is 2.50. The topological polar surface area (TPSA) is 38.3 Å². The van der Waals surface area contributed by atoms with Gasteiger partial charge in [-0.3, -0.25) is 0 Å². The molecule has 1 rings (SSSR count). The molecule has 1 amide bonds. The van der Waals surface area contributed by atoms with Crippen LogP contribution in [0.25, 0.3) is 0 Å². The van der Waals surface area contributed by atoms with E-state index in [1.165, 1.54) is 25.3 Å². The Hall–Kier alpha value is -1.29. The fraction of sp³-hybridized carbons (Fsp3) is 0.300. The van der Waals surface area contributed by atoms with Crippen LogP contribution in [0.1, 0.15) is 5.56 Å². The van der Waals surface area contributed by atoms with Crippen molar-refractivity contribution in [2.45, 2.75) is 6.42 Å². The van der Waals surface area contributed by atoms with Gasteiger partial charge in [-0.05, 0) is 30.2 Å². The Morgan fingerprint density at radius 3 is 3.00 bits per heavy atom. The number of alkyl carbamates (subject to hydrolysis) is 1. The molecule has 82 valence electrons. The Bertz CT molecular complexity index is 357. The van der Waals surface area contributed by atoms with Gasteiger partial charge in [-0.25, -0.2) is 9.18 Å². The highest BCUT2D eigenvalue weighted by Crippen LogP contribution is 2.14. The number of halogens is 2. The lowest BCUT2D eigenvalue weighted by molar-refractivity contribution is 0.171. The van der Waals surface area contributed by atoms with E-state index in [0.29, 0.717) is 23.6 Å². The van der Waals surface area contributed by atoms with Crippen LogP contribution < -0.4 is 5.32 Å². The van der Waals surface area contributed by atoms with Gasteiger partial charge in [0.1, 0.15) is 5.82 Å². The van der Waals surface area contributed by atoms with Crippen LogP contribution in [-0.4, -0.2) is 19.7 Å². The van der Waals surface area contributed by atoms with Crippen molar-refractivity contribution in [3.8, 4) is 0 Å². The third-order valence-corrected chi connectivity index (χ3v) is 2.09. The lowest BCUT2D eigenvalue weighted by Crippen LogP contribution is -2.25. The van der Waals surface area contributed by atoms with Gasteiger partial charge in [-0.1, -0.05) is 11.6 Å². The number of methoxy groups -OCH3 is 1. The first-order valence-electron chi connectivity index (χ1n) is 4.39. The number of hydrogen-bond donors (Lipinski definition) is 1. The molecule has 0 bridgehead atoms. The summed E-state index contributed by atoms with van der Waals surface area (Å²) in [4.78, 5) is 10.7. The largest absolute Gasteiger partial charge is 0.453 e. The van der Waals surface area contributed by atoms with E-state index in [-0.39, 0.29) is 5.82 Å². The molecule has 0 unspecified atom stereocenters. The number of carbonyl (C=O) groups excluding carboxylic acids is 1. The lowest BCUT2D eigenvalue weighted by Gasteiger charge is -2.05. The number of hydrogen-bond acceptors (Lipinski definition) is 2. The second-order valence-corrected chi connectivity index (χ2v) is 3.34. The fourth-order valence-electron chi connectivity index (χ4n) is 1.11. The first-order chi connectivity index (χ1) is 7.13. The maximum atomic E-state index is 13.2. The lowest BCUT2D eigenvalue weighted by atomic mass is 10.1. The average molecular weight is 232 g/mol. The molecule has 3 nitrogen and oxygen atoms in total. The molecule has 0 spiro atoms. The molecule has 0 aliphatic carbocycles. The van der Waals surface area contributed by atoms with E-state index in [0.717, 1.165) is 0 Å². The quantitative estimate of drug-likeness (QED) is 0.868. The molecule has 0 heterocycles. The highest BCUT2D eigenvalue weighted by Gasteiger charge is 2.04. The Morgan fingerprint density at radius 2 is 2.33 bits per heavy atom. The molecule has 0 saturated carbocycles. The first kappa shape index (κ1) is 11.8. The smallest absolute Gasteiger partial charge is 0.406 e. The van der Waals surface area contributed by atoms with E-state index in [9.17, 15) is 9.18 Å². The summed E-state index contributed by atoms with van der Waals surface area (Å²) < 4.78 is 17.5. The summed E-state index contributed by atoms with van der Waals surface area (Å²) in [5, 5.41) is 2.93. The van der Waals surface area contributed by atoms with Crippen LogP contribution in [-0.2, 0) is 11.2 Å². The predicted octanol–water partition coefficient (Wildman–Crippen LogP) is 2.38. The molecule has 0 fully saturated rings. The normalized spacial score (nSPS) is 9.80. The highest BCUT2D eigenvalue weighted by molar-refractivity contribution is 6.30. The minimum atomic E-state index is -0.530. The van der Waals surface area contributed by atoms with Crippen LogP contribution in [0.3, 0.4) is 0 Å². The summed E-state index contributed by atoms with van der Waals surface area (Å²) in [6, 6.07) is 4.32. The van der Waals surface area contributed by atoms with E-state index in [1.807, 2.05) is 0 Å². The molecule has 0 saturated heterocycles. The number of ether oxygens (including phenoxy) is 1. The number of benzene rings is 1. The monoisotopic (exact) mass is 231 g/mol. The molecule has 0 atom stereocenters. The zero-order chi connectivity index (χ0) is 11.3. The van der Waals surface area contributed by atoms with Crippen LogP contribution in [0.4, 0.5) is 9.18 Å². The maximum absolute atomic E-state index is 13.2. The van der Waals surface area contributed by atoms with Crippen LogP contribution in [0, 0.1) is 5.82 Å². The van der Waals surface area contributed by atoms with Crippen molar-refractivity contribution in [2.75, 3.05) is 13.7 Å². The van der Waals surface area contributed by atoms with Crippen LogP contribution in [0.2, 0.25) is 5.02 Å². The predicted molar refractivity (Wildman–Crippen MR) is 55.5 cm³/mol. The second-order valence-electron chi connectivity index (χ2n) is 2.90. The molecule has 0 aliphatic heterocycles. The van der Waals surface area contributed by atoms with Gasteiger partial charge in [0, 0.05) is 11.6 Å². The van der Waals surface area contributed by atoms with E-state index < -0.39 is 6.09 Å². The minimum Gasteiger partial charge on any atom is -0.453 e. The summed E-state index contributed by atoms with van der Waals surface area (Å²) in [6.45, 7) is 0.309. The molecule has 5 heteroatoms. The summed E-state index contributed by atoms with van der Waals surface area (Å²) in [5.41, 5.74) is 0.471. The number of rotatable bonds is 3. The molecule has 0 radical (unpaired) electrons. The SMILES string of the molecule is COC(=O)NCCc1cc(Cl)ccc1F. The standard InChI is InChI=1S/C10H11ClFNO2/c1-15-10(14)13-5-4-7-6-8(11)2-3-9(7)12/h2-3,6H,4-5H2,1H3,(H,13,14). The van der Waals surface area contributed by atoms with Crippen molar-refractivity contribution in [2.24, 2.45) is 0 Å². The molecule has 1 aromatic rings. The van der Waals surface area contributed by atoms with Crippen molar-refractivity contribution in [1.29, 1.82) is 0 Å². The third-order valence-electron chi connectivity index (χ3n) is 1.86. The van der Waals surface area contributed by atoms with Crippen LogP contribution >= 0.6 is 11.6 Å². The molecular formula is C10H11ClFNO2. The number of nitrogens with one attached hydrogen (secondary N) is 1. The highest BCUT2D eigenvalue weighted by atomic mass is 35.5. The van der Waals surface area contributed by atoms with E-state index in [1.54, 1.807) is 0 Å². The van der Waals surface area contributed by atoms with Crippen molar-refractivity contribution in [1.82, 2.24) is 5.32 Å². The average Bonchev–Trinajstić information content (AvgIpc) is 2.23. The van der Waals surface area contributed by atoms with Crippen molar-refractivity contribution >= 4 is 17.7 Å². The Kier molecular flexibility index (Phi) is 4.37. The van der Waals surface area contributed by atoms with E-state index >= 15 is 0 Å². The molecule has 15 heavy (non-hydrogen) atoms. The number of carbonyl (C=O) groups is 1. The molecule has 1 N–H and O–H groups in total. The molecule has 0 aliphatic rings. The second kappa shape index (κ2) is 5.56. The van der Waals surface area contributed by atoms with Gasteiger partial charge in [0.05, 0.1) is 7.11 Å². The van der Waals surface area contributed by atoms with Gasteiger partial charge < -0.3 is 10.1 Å². The zero-order valence-corrected chi connectivity index (χ0v) is 8.97. The summed E-state index contributed by atoms with van der Waals surface area (Å²) in [7, 11) is 1.27. The Morgan fingerprint density at radius 1 is 1.60 bits per heavy atom. The van der Waals surface area contributed by atoms with Gasteiger partial charge in [0.25, 0.3) is 0 Å². The van der Waals surface area contributed by atoms with Gasteiger partial charge in [0.15, 0.2) is 0 Å². The maximum Gasteiger partial charge on any atom is 0.406 e. The van der Waals surface area contributed by atoms with Crippen LogP contribution in [0.15, 0.2) is 18.2 Å². The van der Waals surface area contributed by atoms with Crippen LogP contribution in [0.5, 0.6) is 0 Å². The van der Waals surface area contributed by atoms with Crippen molar-refractivity contribution in [3.63, 3.8) is 0 Å². The van der Waals surface area contributed by atoms with E-state index in [4.69, 9.17) is 11.6 Å². The number of amides is 1.